The van der Waals surface area contributed by atoms with Crippen LogP contribution in [0.4, 0.5) is 20.7 Å². The SMILES string of the molecule is Cc1cc(NC(=O)Nc2ccc(F)cc2)n(-c2nc(-c3ccco3)cs2)n1. The lowest BCUT2D eigenvalue weighted by Crippen LogP contribution is -2.21. The molecule has 0 saturated heterocycles. The number of aryl methyl sites for hydroxylation is 1. The van der Waals surface area contributed by atoms with E-state index in [2.05, 4.69) is 20.7 Å². The van der Waals surface area contributed by atoms with Crippen molar-refractivity contribution in [1.29, 1.82) is 0 Å². The predicted octanol–water partition coefficient (Wildman–Crippen LogP) is 4.68. The van der Waals surface area contributed by atoms with Gasteiger partial charge in [-0.15, -0.1) is 11.3 Å². The van der Waals surface area contributed by atoms with Gasteiger partial charge < -0.3 is 9.73 Å². The summed E-state index contributed by atoms with van der Waals surface area (Å²) < 4.78 is 19.9. The van der Waals surface area contributed by atoms with Gasteiger partial charge in [-0.05, 0) is 43.3 Å². The van der Waals surface area contributed by atoms with E-state index in [1.54, 1.807) is 23.1 Å². The van der Waals surface area contributed by atoms with E-state index in [9.17, 15) is 9.18 Å². The van der Waals surface area contributed by atoms with Crippen LogP contribution < -0.4 is 10.6 Å². The summed E-state index contributed by atoms with van der Waals surface area (Å²) in [5.41, 5.74) is 1.89. The van der Waals surface area contributed by atoms with Gasteiger partial charge in [0.05, 0.1) is 12.0 Å². The number of carbonyl (C=O) groups excluding carboxylic acids is 1. The second-order valence-electron chi connectivity index (χ2n) is 5.66. The molecular formula is C18H14FN5O2S. The van der Waals surface area contributed by atoms with Crippen LogP contribution in [-0.4, -0.2) is 20.8 Å². The molecule has 0 aliphatic carbocycles. The molecule has 4 aromatic rings. The zero-order valence-corrected chi connectivity index (χ0v) is 15.0. The molecule has 2 amide bonds. The van der Waals surface area contributed by atoms with Crippen LogP contribution in [-0.2, 0) is 0 Å². The van der Waals surface area contributed by atoms with E-state index in [1.165, 1.54) is 35.6 Å². The average molecular weight is 383 g/mol. The summed E-state index contributed by atoms with van der Waals surface area (Å²) in [6.07, 6.45) is 1.58. The number of anilines is 2. The maximum absolute atomic E-state index is 13.0. The minimum absolute atomic E-state index is 0.370. The molecule has 0 fully saturated rings. The average Bonchev–Trinajstić information content (AvgIpc) is 3.37. The molecule has 136 valence electrons. The van der Waals surface area contributed by atoms with E-state index in [-0.39, 0.29) is 5.82 Å². The molecule has 0 aliphatic rings. The maximum Gasteiger partial charge on any atom is 0.324 e. The lowest BCUT2D eigenvalue weighted by molar-refractivity contribution is 0.262. The highest BCUT2D eigenvalue weighted by atomic mass is 32.1. The van der Waals surface area contributed by atoms with Gasteiger partial charge in [0.25, 0.3) is 0 Å². The van der Waals surface area contributed by atoms with Crippen LogP contribution >= 0.6 is 11.3 Å². The molecule has 27 heavy (non-hydrogen) atoms. The van der Waals surface area contributed by atoms with E-state index in [0.29, 0.717) is 28.1 Å². The number of nitrogens with zero attached hydrogens (tertiary/aromatic N) is 3. The number of hydrogen-bond acceptors (Lipinski definition) is 5. The number of halogens is 1. The maximum atomic E-state index is 13.0. The third-order valence-corrected chi connectivity index (χ3v) is 4.44. The van der Waals surface area contributed by atoms with Crippen molar-refractivity contribution in [3.05, 3.63) is 65.6 Å². The topological polar surface area (TPSA) is 85.0 Å². The number of nitrogens with one attached hydrogen (secondary N) is 2. The van der Waals surface area contributed by atoms with Gasteiger partial charge >= 0.3 is 6.03 Å². The smallest absolute Gasteiger partial charge is 0.324 e. The molecule has 3 heterocycles. The fourth-order valence-corrected chi connectivity index (χ4v) is 3.22. The third kappa shape index (κ3) is 3.72. The number of rotatable bonds is 4. The van der Waals surface area contributed by atoms with Crippen molar-refractivity contribution in [3.8, 4) is 16.6 Å². The van der Waals surface area contributed by atoms with Gasteiger partial charge in [-0.25, -0.2) is 14.2 Å². The van der Waals surface area contributed by atoms with Crippen molar-refractivity contribution in [2.24, 2.45) is 0 Å². The summed E-state index contributed by atoms with van der Waals surface area (Å²) in [6, 6.07) is 10.4. The Labute approximate surface area is 157 Å². The fraction of sp³-hybridized carbons (Fsp3) is 0.0556. The monoisotopic (exact) mass is 383 g/mol. The minimum atomic E-state index is -0.467. The molecule has 0 atom stereocenters. The number of urea groups is 1. The molecule has 0 spiro atoms. The van der Waals surface area contributed by atoms with E-state index >= 15 is 0 Å². The largest absolute Gasteiger partial charge is 0.463 e. The highest BCUT2D eigenvalue weighted by Gasteiger charge is 2.15. The molecular weight excluding hydrogens is 369 g/mol. The van der Waals surface area contributed by atoms with Crippen molar-refractivity contribution >= 4 is 28.9 Å². The van der Waals surface area contributed by atoms with E-state index in [4.69, 9.17) is 4.42 Å². The number of furan rings is 1. The van der Waals surface area contributed by atoms with Crippen LogP contribution in [0.1, 0.15) is 5.69 Å². The fourth-order valence-electron chi connectivity index (χ4n) is 2.45. The van der Waals surface area contributed by atoms with E-state index in [0.717, 1.165) is 5.69 Å². The Morgan fingerprint density at radius 3 is 2.78 bits per heavy atom. The second-order valence-corrected chi connectivity index (χ2v) is 6.50. The standard InChI is InChI=1S/C18H14FN5O2S/c1-11-9-16(22-17(25)20-13-6-4-12(19)5-7-13)24(23-11)18-21-14(10-27-18)15-3-2-8-26-15/h2-10H,1H3,(H2,20,22,25). The van der Waals surface area contributed by atoms with Crippen LogP contribution in [0.2, 0.25) is 0 Å². The number of hydrogen-bond donors (Lipinski definition) is 2. The molecule has 0 bridgehead atoms. The quantitative estimate of drug-likeness (QED) is 0.536. The van der Waals surface area contributed by atoms with Gasteiger partial charge in [0.1, 0.15) is 17.3 Å². The Morgan fingerprint density at radius 2 is 2.04 bits per heavy atom. The van der Waals surface area contributed by atoms with Gasteiger partial charge in [-0.3, -0.25) is 5.32 Å². The molecule has 0 radical (unpaired) electrons. The molecule has 0 saturated carbocycles. The normalized spacial score (nSPS) is 10.7. The Bertz CT molecular complexity index is 1070. The molecule has 9 heteroatoms. The lowest BCUT2D eigenvalue weighted by Gasteiger charge is -2.08. The van der Waals surface area contributed by atoms with E-state index < -0.39 is 6.03 Å². The first-order valence-electron chi connectivity index (χ1n) is 7.98. The van der Waals surface area contributed by atoms with Crippen LogP contribution in [0.3, 0.4) is 0 Å². The Balaban J connectivity index is 1.54. The van der Waals surface area contributed by atoms with Crippen LogP contribution in [0.5, 0.6) is 0 Å². The molecule has 0 aliphatic heterocycles. The van der Waals surface area contributed by atoms with Crippen molar-refractivity contribution in [1.82, 2.24) is 14.8 Å². The number of amides is 2. The first kappa shape index (κ1) is 17.0. The Kier molecular flexibility index (Phi) is 4.43. The Hall–Kier alpha value is -3.46. The highest BCUT2D eigenvalue weighted by molar-refractivity contribution is 7.12. The zero-order chi connectivity index (χ0) is 18.8. The highest BCUT2D eigenvalue weighted by Crippen LogP contribution is 2.26. The van der Waals surface area contributed by atoms with Gasteiger partial charge in [-0.1, -0.05) is 0 Å². The third-order valence-electron chi connectivity index (χ3n) is 3.62. The summed E-state index contributed by atoms with van der Waals surface area (Å²) >= 11 is 1.38. The van der Waals surface area contributed by atoms with Gasteiger partial charge in [-0.2, -0.15) is 9.78 Å². The van der Waals surface area contributed by atoms with Crippen molar-refractivity contribution in [2.45, 2.75) is 6.92 Å². The summed E-state index contributed by atoms with van der Waals surface area (Å²) in [6.45, 7) is 1.82. The first-order valence-corrected chi connectivity index (χ1v) is 8.86. The summed E-state index contributed by atoms with van der Waals surface area (Å²) in [5.74, 6) is 0.753. The molecule has 4 rings (SSSR count). The second kappa shape index (κ2) is 7.04. The molecule has 2 N–H and O–H groups in total. The van der Waals surface area contributed by atoms with Crippen molar-refractivity contribution < 1.29 is 13.6 Å². The number of aromatic nitrogens is 3. The molecule has 7 nitrogen and oxygen atoms in total. The first-order chi connectivity index (χ1) is 13.1. The molecule has 1 aromatic carbocycles. The number of benzene rings is 1. The van der Waals surface area contributed by atoms with Gasteiger partial charge in [0.2, 0.25) is 5.13 Å². The number of carbonyl (C=O) groups is 1. The van der Waals surface area contributed by atoms with E-state index in [1.807, 2.05) is 18.4 Å². The summed E-state index contributed by atoms with van der Waals surface area (Å²) in [7, 11) is 0. The van der Waals surface area contributed by atoms with Crippen molar-refractivity contribution in [3.63, 3.8) is 0 Å². The molecule has 3 aromatic heterocycles. The minimum Gasteiger partial charge on any atom is -0.463 e. The lowest BCUT2D eigenvalue weighted by atomic mass is 10.3. The zero-order valence-electron chi connectivity index (χ0n) is 14.1. The molecule has 0 unspecified atom stereocenters. The summed E-state index contributed by atoms with van der Waals surface area (Å²) in [5, 5.41) is 12.2. The van der Waals surface area contributed by atoms with Crippen molar-refractivity contribution in [2.75, 3.05) is 10.6 Å². The number of thiazole rings is 1. The predicted molar refractivity (Wildman–Crippen MR) is 101 cm³/mol. The van der Waals surface area contributed by atoms with Gasteiger partial charge in [0, 0.05) is 17.1 Å². The summed E-state index contributed by atoms with van der Waals surface area (Å²) in [4.78, 5) is 16.8. The Morgan fingerprint density at radius 1 is 1.22 bits per heavy atom. The van der Waals surface area contributed by atoms with Crippen LogP contribution in [0.25, 0.3) is 16.6 Å². The van der Waals surface area contributed by atoms with Crippen LogP contribution in [0, 0.1) is 12.7 Å². The van der Waals surface area contributed by atoms with Gasteiger partial charge in [0.15, 0.2) is 5.76 Å². The van der Waals surface area contributed by atoms with Crippen LogP contribution in [0.15, 0.2) is 58.5 Å².